The van der Waals surface area contributed by atoms with Crippen LogP contribution in [0.1, 0.15) is 39.0 Å². The number of aliphatic imine (C=N–C) groups is 1. The molecule has 0 spiro atoms. The third-order valence-corrected chi connectivity index (χ3v) is 5.48. The van der Waals surface area contributed by atoms with Crippen molar-refractivity contribution in [3.63, 3.8) is 0 Å². The summed E-state index contributed by atoms with van der Waals surface area (Å²) < 4.78 is 22.5. The SMILES string of the molecule is CCNC(=NCCC1CC1)NC1CCN(CCS(C)(=O)=O)CC1.I. The molecule has 0 bridgehead atoms. The molecular weight excluding hydrogens is 439 g/mol. The second kappa shape index (κ2) is 10.8. The third kappa shape index (κ3) is 9.41. The molecule has 24 heavy (non-hydrogen) atoms. The average molecular weight is 472 g/mol. The van der Waals surface area contributed by atoms with Crippen LogP contribution in [-0.4, -0.2) is 70.1 Å². The number of halogens is 1. The lowest BCUT2D eigenvalue weighted by atomic mass is 10.1. The van der Waals surface area contributed by atoms with Gasteiger partial charge in [-0.2, -0.15) is 0 Å². The van der Waals surface area contributed by atoms with Crippen molar-refractivity contribution in [2.24, 2.45) is 10.9 Å². The second-order valence-corrected chi connectivity index (χ2v) is 9.14. The van der Waals surface area contributed by atoms with Gasteiger partial charge in [0.1, 0.15) is 9.84 Å². The summed E-state index contributed by atoms with van der Waals surface area (Å²) in [5, 5.41) is 6.86. The minimum Gasteiger partial charge on any atom is -0.357 e. The molecule has 1 saturated carbocycles. The number of rotatable bonds is 8. The Hall–Kier alpha value is -0.0900. The molecule has 6 nitrogen and oxygen atoms in total. The molecule has 1 saturated heterocycles. The van der Waals surface area contributed by atoms with Crippen molar-refractivity contribution in [2.75, 3.05) is 44.7 Å². The van der Waals surface area contributed by atoms with E-state index in [1.54, 1.807) is 0 Å². The number of piperidine rings is 1. The summed E-state index contributed by atoms with van der Waals surface area (Å²) in [6, 6.07) is 0.434. The fourth-order valence-electron chi connectivity index (χ4n) is 2.87. The van der Waals surface area contributed by atoms with Gasteiger partial charge in [0.05, 0.1) is 5.75 Å². The van der Waals surface area contributed by atoms with Crippen LogP contribution in [0.5, 0.6) is 0 Å². The third-order valence-electron chi connectivity index (χ3n) is 4.56. The number of likely N-dealkylation sites (tertiary alicyclic amines) is 1. The summed E-state index contributed by atoms with van der Waals surface area (Å²) >= 11 is 0. The van der Waals surface area contributed by atoms with Gasteiger partial charge >= 0.3 is 0 Å². The van der Waals surface area contributed by atoms with E-state index < -0.39 is 9.84 Å². The van der Waals surface area contributed by atoms with Crippen LogP contribution in [0.15, 0.2) is 4.99 Å². The lowest BCUT2D eigenvalue weighted by Gasteiger charge is -2.32. The number of nitrogens with one attached hydrogen (secondary N) is 2. The summed E-state index contributed by atoms with van der Waals surface area (Å²) in [5.41, 5.74) is 0. The molecule has 2 fully saturated rings. The fourth-order valence-corrected chi connectivity index (χ4v) is 3.46. The summed E-state index contributed by atoms with van der Waals surface area (Å²) in [5.74, 6) is 2.11. The van der Waals surface area contributed by atoms with Crippen LogP contribution in [0.25, 0.3) is 0 Å². The molecule has 0 radical (unpaired) electrons. The summed E-state index contributed by atoms with van der Waals surface area (Å²) in [4.78, 5) is 6.92. The molecule has 0 atom stereocenters. The first kappa shape index (κ1) is 22.0. The van der Waals surface area contributed by atoms with Crippen LogP contribution < -0.4 is 10.6 Å². The van der Waals surface area contributed by atoms with Gasteiger partial charge in [-0.3, -0.25) is 4.99 Å². The van der Waals surface area contributed by atoms with Crippen LogP contribution >= 0.6 is 24.0 Å². The van der Waals surface area contributed by atoms with Crippen molar-refractivity contribution < 1.29 is 8.42 Å². The van der Waals surface area contributed by atoms with Gasteiger partial charge in [-0.25, -0.2) is 8.42 Å². The van der Waals surface area contributed by atoms with Gasteiger partial charge in [0.25, 0.3) is 0 Å². The smallest absolute Gasteiger partial charge is 0.191 e. The predicted molar refractivity (Wildman–Crippen MR) is 111 cm³/mol. The van der Waals surface area contributed by atoms with Gasteiger partial charge < -0.3 is 15.5 Å². The molecular formula is C16H33IN4O2S. The molecule has 8 heteroatoms. The number of guanidine groups is 1. The first-order chi connectivity index (χ1) is 11.0. The molecule has 1 heterocycles. The molecule has 2 N–H and O–H groups in total. The number of hydrogen-bond donors (Lipinski definition) is 2. The van der Waals surface area contributed by atoms with Crippen LogP contribution in [0.2, 0.25) is 0 Å². The average Bonchev–Trinajstić information content (AvgIpc) is 3.30. The lowest BCUT2D eigenvalue weighted by Crippen LogP contribution is -2.49. The highest BCUT2D eigenvalue weighted by atomic mass is 127. The Balaban J connectivity index is 0.00000288. The molecule has 0 unspecified atom stereocenters. The highest BCUT2D eigenvalue weighted by Crippen LogP contribution is 2.32. The molecule has 1 aliphatic heterocycles. The zero-order valence-corrected chi connectivity index (χ0v) is 18.1. The maximum Gasteiger partial charge on any atom is 0.191 e. The van der Waals surface area contributed by atoms with E-state index in [1.165, 1.54) is 25.5 Å². The van der Waals surface area contributed by atoms with E-state index in [0.29, 0.717) is 12.6 Å². The van der Waals surface area contributed by atoms with Crippen molar-refractivity contribution in [1.82, 2.24) is 15.5 Å². The Morgan fingerprint density at radius 1 is 1.21 bits per heavy atom. The summed E-state index contributed by atoms with van der Waals surface area (Å²) in [6.07, 6.45) is 7.35. The lowest BCUT2D eigenvalue weighted by molar-refractivity contribution is 0.216. The van der Waals surface area contributed by atoms with Crippen LogP contribution in [0, 0.1) is 5.92 Å². The first-order valence-corrected chi connectivity index (χ1v) is 11.0. The van der Waals surface area contributed by atoms with Crippen molar-refractivity contribution in [3.05, 3.63) is 0 Å². The van der Waals surface area contributed by atoms with Crippen LogP contribution in [0.3, 0.4) is 0 Å². The van der Waals surface area contributed by atoms with Gasteiger partial charge in [0.15, 0.2) is 5.96 Å². The predicted octanol–water partition coefficient (Wildman–Crippen LogP) is 1.47. The van der Waals surface area contributed by atoms with E-state index in [0.717, 1.165) is 50.9 Å². The Morgan fingerprint density at radius 3 is 2.42 bits per heavy atom. The van der Waals surface area contributed by atoms with Gasteiger partial charge in [-0.05, 0) is 32.1 Å². The number of nitrogens with zero attached hydrogens (tertiary/aromatic N) is 2. The molecule has 0 aromatic heterocycles. The summed E-state index contributed by atoms with van der Waals surface area (Å²) in [6.45, 7) is 6.44. The maximum atomic E-state index is 11.2. The monoisotopic (exact) mass is 472 g/mol. The van der Waals surface area contributed by atoms with E-state index in [-0.39, 0.29) is 29.7 Å². The standard InChI is InChI=1S/C16H32N4O2S.HI/c1-3-17-16(18-9-6-14-4-5-14)19-15-7-10-20(11-8-15)12-13-23(2,21)22;/h14-15H,3-13H2,1-2H3,(H2,17,18,19);1H. The quantitative estimate of drug-likeness (QED) is 0.318. The Labute approximate surface area is 164 Å². The Bertz CT molecular complexity index is 486. The number of hydrogen-bond acceptors (Lipinski definition) is 4. The molecule has 142 valence electrons. The normalized spacial score (nSPS) is 20.5. The highest BCUT2D eigenvalue weighted by Gasteiger charge is 2.22. The van der Waals surface area contributed by atoms with Crippen LogP contribution in [0.4, 0.5) is 0 Å². The molecule has 0 aromatic rings. The Kier molecular flexibility index (Phi) is 9.88. The van der Waals surface area contributed by atoms with Crippen LogP contribution in [-0.2, 0) is 9.84 Å². The first-order valence-electron chi connectivity index (χ1n) is 8.91. The second-order valence-electron chi connectivity index (χ2n) is 6.88. The molecule has 2 rings (SSSR count). The van der Waals surface area contributed by atoms with Gasteiger partial charge in [-0.15, -0.1) is 24.0 Å². The molecule has 0 amide bonds. The van der Waals surface area contributed by atoms with E-state index in [2.05, 4.69) is 27.4 Å². The largest absolute Gasteiger partial charge is 0.357 e. The number of sulfone groups is 1. The minimum atomic E-state index is -2.86. The fraction of sp³-hybridized carbons (Fsp3) is 0.938. The van der Waals surface area contributed by atoms with Gasteiger partial charge in [-0.1, -0.05) is 12.8 Å². The van der Waals surface area contributed by atoms with Crippen molar-refractivity contribution in [1.29, 1.82) is 0 Å². The minimum absolute atomic E-state index is 0. The van der Waals surface area contributed by atoms with E-state index in [4.69, 9.17) is 0 Å². The molecule has 2 aliphatic rings. The van der Waals surface area contributed by atoms with Crippen molar-refractivity contribution in [2.45, 2.75) is 45.1 Å². The van der Waals surface area contributed by atoms with Crippen molar-refractivity contribution in [3.8, 4) is 0 Å². The van der Waals surface area contributed by atoms with E-state index in [9.17, 15) is 8.42 Å². The zero-order chi connectivity index (χ0) is 16.7. The Morgan fingerprint density at radius 2 is 1.88 bits per heavy atom. The van der Waals surface area contributed by atoms with Gasteiger partial charge in [0, 0.05) is 45.0 Å². The van der Waals surface area contributed by atoms with Gasteiger partial charge in [0.2, 0.25) is 0 Å². The van der Waals surface area contributed by atoms with Crippen molar-refractivity contribution >= 4 is 39.8 Å². The van der Waals surface area contributed by atoms with E-state index >= 15 is 0 Å². The topological polar surface area (TPSA) is 73.8 Å². The maximum absolute atomic E-state index is 11.2. The summed E-state index contributed by atoms with van der Waals surface area (Å²) in [7, 11) is -2.86. The zero-order valence-electron chi connectivity index (χ0n) is 15.0. The van der Waals surface area contributed by atoms with E-state index in [1.807, 2.05) is 0 Å². The molecule has 0 aromatic carbocycles. The molecule has 1 aliphatic carbocycles. The highest BCUT2D eigenvalue weighted by molar-refractivity contribution is 14.0.